The second-order valence-corrected chi connectivity index (χ2v) is 16.3. The molecule has 0 aliphatic carbocycles. The van der Waals surface area contributed by atoms with E-state index in [1.165, 1.54) is 16.8 Å². The SMILES string of the molecule is CCOC(=O)c1nc(Cl)nc2c1n(-c1ccc(C(=O)N3CCc4c(n(Cc5ccc(C#N)cc5F)c5ncccc45)C3)nc1)c(=O)n2C1CCN(CC(C)(C)C)CC1. The number of benzene rings is 1. The number of pyridine rings is 2. The second kappa shape index (κ2) is 15.4. The Kier molecular flexibility index (Phi) is 10.3. The summed E-state index contributed by atoms with van der Waals surface area (Å²) in [5.74, 6) is -1.57. The molecule has 2 aliphatic heterocycles. The molecule has 8 rings (SSSR count). The van der Waals surface area contributed by atoms with Gasteiger partial charge in [0, 0.05) is 55.1 Å². The van der Waals surface area contributed by atoms with Crippen LogP contribution in [0, 0.1) is 22.6 Å². The summed E-state index contributed by atoms with van der Waals surface area (Å²) >= 11 is 6.39. The van der Waals surface area contributed by atoms with Crippen molar-refractivity contribution in [1.82, 2.24) is 43.4 Å². The number of carbonyl (C=O) groups excluding carboxylic acids is 2. The zero-order valence-electron chi connectivity index (χ0n) is 32.7. The number of hydrogen-bond donors (Lipinski definition) is 0. The van der Waals surface area contributed by atoms with Gasteiger partial charge in [-0.05, 0) is 85.2 Å². The van der Waals surface area contributed by atoms with Crippen molar-refractivity contribution in [1.29, 1.82) is 5.26 Å². The molecular formula is C42H42ClFN10O4. The predicted molar refractivity (Wildman–Crippen MR) is 214 cm³/mol. The monoisotopic (exact) mass is 804 g/mol. The lowest BCUT2D eigenvalue weighted by Crippen LogP contribution is -2.41. The van der Waals surface area contributed by atoms with Crippen LogP contribution in [-0.4, -0.2) is 88.1 Å². The first-order chi connectivity index (χ1) is 27.8. The molecule has 58 heavy (non-hydrogen) atoms. The number of halogens is 2. The number of aromatic nitrogens is 7. The number of fused-ring (bicyclic) bond motifs is 4. The van der Waals surface area contributed by atoms with Gasteiger partial charge in [0.1, 0.15) is 22.7 Å². The summed E-state index contributed by atoms with van der Waals surface area (Å²) < 4.78 is 25.3. The van der Waals surface area contributed by atoms with Crippen molar-refractivity contribution >= 4 is 45.7 Å². The van der Waals surface area contributed by atoms with Gasteiger partial charge in [-0.3, -0.25) is 13.9 Å². The largest absolute Gasteiger partial charge is 0.461 e. The highest BCUT2D eigenvalue weighted by atomic mass is 35.5. The summed E-state index contributed by atoms with van der Waals surface area (Å²) in [6.45, 7) is 11.6. The van der Waals surface area contributed by atoms with Gasteiger partial charge in [-0.1, -0.05) is 26.8 Å². The molecule has 16 heteroatoms. The van der Waals surface area contributed by atoms with E-state index >= 15 is 4.39 Å². The van der Waals surface area contributed by atoms with Crippen LogP contribution in [0.1, 0.15) is 89.9 Å². The smallest absolute Gasteiger partial charge is 0.359 e. The van der Waals surface area contributed by atoms with Crippen molar-refractivity contribution < 1.29 is 18.7 Å². The van der Waals surface area contributed by atoms with Crippen LogP contribution in [0.25, 0.3) is 27.9 Å². The van der Waals surface area contributed by atoms with E-state index in [4.69, 9.17) is 16.3 Å². The number of rotatable bonds is 8. The molecule has 0 saturated carbocycles. The van der Waals surface area contributed by atoms with Crippen LogP contribution < -0.4 is 5.69 Å². The first-order valence-corrected chi connectivity index (χ1v) is 19.7. The minimum Gasteiger partial charge on any atom is -0.461 e. The fraction of sp³-hybridized carbons (Fsp3) is 0.381. The number of hydrogen-bond acceptors (Lipinski definition) is 10. The Balaban J connectivity index is 1.12. The highest BCUT2D eigenvalue weighted by Crippen LogP contribution is 2.33. The van der Waals surface area contributed by atoms with Crippen LogP contribution in [0.3, 0.4) is 0 Å². The average Bonchev–Trinajstić information content (AvgIpc) is 3.68. The normalized spacial score (nSPS) is 15.2. The summed E-state index contributed by atoms with van der Waals surface area (Å²) in [4.78, 5) is 63.9. The van der Waals surface area contributed by atoms with Gasteiger partial charge in [-0.2, -0.15) is 10.2 Å². The molecule has 0 bridgehead atoms. The summed E-state index contributed by atoms with van der Waals surface area (Å²) in [6, 6.07) is 13.2. The minimum atomic E-state index is -0.749. The molecule has 2 aliphatic rings. The maximum Gasteiger partial charge on any atom is 0.359 e. The van der Waals surface area contributed by atoms with Crippen molar-refractivity contribution in [3.05, 3.63) is 110 Å². The van der Waals surface area contributed by atoms with Crippen molar-refractivity contribution in [2.24, 2.45) is 5.41 Å². The van der Waals surface area contributed by atoms with Gasteiger partial charge in [0.2, 0.25) is 5.28 Å². The molecule has 7 heterocycles. The Morgan fingerprint density at radius 1 is 1.05 bits per heavy atom. The maximum atomic E-state index is 15.1. The van der Waals surface area contributed by atoms with Crippen molar-refractivity contribution in [2.45, 2.75) is 66.1 Å². The molecule has 6 aromatic rings. The Hall–Kier alpha value is -5.98. The first-order valence-electron chi connectivity index (χ1n) is 19.3. The third-order valence-electron chi connectivity index (χ3n) is 10.8. The molecule has 14 nitrogen and oxygen atoms in total. The number of ether oxygens (including phenoxy) is 1. The van der Waals surface area contributed by atoms with E-state index in [9.17, 15) is 19.6 Å². The average molecular weight is 805 g/mol. The van der Waals surface area contributed by atoms with Gasteiger partial charge >= 0.3 is 11.7 Å². The lowest BCUT2D eigenvalue weighted by Gasteiger charge is -2.36. The molecule has 5 aromatic heterocycles. The summed E-state index contributed by atoms with van der Waals surface area (Å²) in [5.41, 5.74) is 3.56. The topological polar surface area (TPSA) is 157 Å². The van der Waals surface area contributed by atoms with Gasteiger partial charge in [0.25, 0.3) is 5.91 Å². The van der Waals surface area contributed by atoms with Gasteiger partial charge < -0.3 is 19.1 Å². The van der Waals surface area contributed by atoms with E-state index in [2.05, 4.69) is 45.6 Å². The molecule has 0 radical (unpaired) electrons. The predicted octanol–water partition coefficient (Wildman–Crippen LogP) is 6.10. The fourth-order valence-corrected chi connectivity index (χ4v) is 8.49. The van der Waals surface area contributed by atoms with E-state index in [1.807, 2.05) is 22.8 Å². The number of nitriles is 1. The maximum absolute atomic E-state index is 15.1. The van der Waals surface area contributed by atoms with Crippen molar-refractivity contribution in [2.75, 3.05) is 32.8 Å². The van der Waals surface area contributed by atoms with Crippen LogP contribution >= 0.6 is 11.6 Å². The van der Waals surface area contributed by atoms with E-state index in [-0.39, 0.29) is 70.5 Å². The van der Waals surface area contributed by atoms with E-state index < -0.39 is 17.5 Å². The third kappa shape index (κ3) is 7.22. The van der Waals surface area contributed by atoms with Gasteiger partial charge in [0.15, 0.2) is 11.3 Å². The molecule has 0 N–H and O–H groups in total. The standard InChI is InChI=1S/C42H42ClFN10O4/c1-5-58-39(56)34-35-37(49-40(43)48-34)54(27-12-16-50(17-13-27)24-42(2,3)4)41(57)53(35)28-10-11-32(47-21-28)38(55)51-18-14-29-30-7-6-15-46-36(30)52(33(29)23-51)22-26-9-8-25(20-45)19-31(26)44/h6-11,15,19,21,27H,5,12-14,16-18,22-24H2,1-4H3. The molecule has 1 amide bonds. The summed E-state index contributed by atoms with van der Waals surface area (Å²) in [6.07, 6.45) is 5.03. The fourth-order valence-electron chi connectivity index (χ4n) is 8.33. The summed E-state index contributed by atoms with van der Waals surface area (Å²) in [5, 5.41) is 9.99. The van der Waals surface area contributed by atoms with Gasteiger partial charge in [-0.25, -0.2) is 28.9 Å². The zero-order valence-corrected chi connectivity index (χ0v) is 33.5. The summed E-state index contributed by atoms with van der Waals surface area (Å²) in [7, 11) is 0. The second-order valence-electron chi connectivity index (χ2n) is 16.0. The van der Waals surface area contributed by atoms with Crippen LogP contribution in [0.5, 0.6) is 0 Å². The number of amides is 1. The molecular weight excluding hydrogens is 763 g/mol. The molecule has 1 fully saturated rings. The van der Waals surface area contributed by atoms with Gasteiger partial charge in [-0.15, -0.1) is 0 Å². The third-order valence-corrected chi connectivity index (χ3v) is 11.0. The Morgan fingerprint density at radius 2 is 1.84 bits per heavy atom. The van der Waals surface area contributed by atoms with E-state index in [0.29, 0.717) is 42.7 Å². The van der Waals surface area contributed by atoms with Crippen LogP contribution in [-0.2, 0) is 24.2 Å². The van der Waals surface area contributed by atoms with E-state index in [1.54, 1.807) is 46.9 Å². The lowest BCUT2D eigenvalue weighted by atomic mass is 9.94. The number of piperidine rings is 1. The molecule has 298 valence electrons. The van der Waals surface area contributed by atoms with Crippen LogP contribution in [0.4, 0.5) is 4.39 Å². The van der Waals surface area contributed by atoms with Gasteiger partial charge in [0.05, 0.1) is 43.2 Å². The Morgan fingerprint density at radius 3 is 2.53 bits per heavy atom. The van der Waals surface area contributed by atoms with E-state index in [0.717, 1.165) is 36.3 Å². The molecule has 1 saturated heterocycles. The number of imidazole rings is 1. The van der Waals surface area contributed by atoms with Crippen molar-refractivity contribution in [3.63, 3.8) is 0 Å². The molecule has 0 atom stereocenters. The number of carbonyl (C=O) groups is 2. The zero-order chi connectivity index (χ0) is 40.9. The van der Waals surface area contributed by atoms with Crippen LogP contribution in [0.2, 0.25) is 5.28 Å². The molecule has 0 unspecified atom stereocenters. The lowest BCUT2D eigenvalue weighted by molar-refractivity contribution is 0.0521. The highest BCUT2D eigenvalue weighted by Gasteiger charge is 2.33. The number of nitrogens with zero attached hydrogens (tertiary/aromatic N) is 10. The van der Waals surface area contributed by atoms with Crippen molar-refractivity contribution in [3.8, 4) is 11.8 Å². The molecule has 0 spiro atoms. The number of esters is 1. The highest BCUT2D eigenvalue weighted by molar-refractivity contribution is 6.28. The minimum absolute atomic E-state index is 0.0824. The Bertz CT molecular complexity index is 2680. The first kappa shape index (κ1) is 38.9. The van der Waals surface area contributed by atoms with Crippen LogP contribution in [0.15, 0.2) is 59.7 Å². The Labute approximate surface area is 338 Å². The quantitative estimate of drug-likeness (QED) is 0.130. The molecule has 1 aromatic carbocycles. The number of likely N-dealkylation sites (tertiary alicyclic amines) is 1.